The van der Waals surface area contributed by atoms with Crippen LogP contribution >= 0.6 is 11.6 Å². The first-order valence-corrected chi connectivity index (χ1v) is 11.8. The second kappa shape index (κ2) is 9.16. The van der Waals surface area contributed by atoms with Crippen LogP contribution in [-0.4, -0.2) is 33.9 Å². The number of hydrogen-bond acceptors (Lipinski definition) is 5. The molecular weight excluding hydrogens is 472 g/mol. The molecule has 1 saturated heterocycles. The van der Waals surface area contributed by atoms with E-state index in [2.05, 4.69) is 20.9 Å². The number of terminal acetylenes is 1. The minimum Gasteiger partial charge on any atom is -0.399 e. The predicted molar refractivity (Wildman–Crippen MR) is 136 cm³/mol. The van der Waals surface area contributed by atoms with Crippen molar-refractivity contribution in [3.8, 4) is 23.6 Å². The average Bonchev–Trinajstić information content (AvgIpc) is 3.10. The molecule has 0 bridgehead atoms. The van der Waals surface area contributed by atoms with Crippen molar-refractivity contribution in [2.45, 2.75) is 19.3 Å². The molecule has 1 atom stereocenters. The molecular formula is C26H22ClF2N5O. The third-order valence-corrected chi connectivity index (χ3v) is 6.91. The topological polar surface area (TPSA) is 87.9 Å². The molecule has 0 aliphatic carbocycles. The highest BCUT2D eigenvalue weighted by Crippen LogP contribution is 2.37. The molecule has 0 radical (unpaired) electrons. The number of pyridine rings is 1. The number of hydrogen-bond donors (Lipinski definition) is 2. The molecule has 0 saturated carbocycles. The first-order valence-electron chi connectivity index (χ1n) is 11.3. The lowest BCUT2D eigenvalue weighted by molar-refractivity contribution is 0.549. The minimum atomic E-state index is -0.772. The van der Waals surface area contributed by atoms with Gasteiger partial charge in [-0.2, -0.15) is 4.98 Å². The Labute approximate surface area is 205 Å². The molecule has 0 spiro atoms. The van der Waals surface area contributed by atoms with Crippen LogP contribution in [0, 0.1) is 29.9 Å². The number of benzene rings is 2. The predicted octanol–water partition coefficient (Wildman–Crippen LogP) is 4.83. The van der Waals surface area contributed by atoms with E-state index in [0.717, 1.165) is 19.3 Å². The van der Waals surface area contributed by atoms with Crippen LogP contribution in [0.1, 0.15) is 24.8 Å². The molecule has 3 heterocycles. The number of aromatic nitrogens is 3. The molecule has 0 amide bonds. The molecule has 9 heteroatoms. The smallest absolute Gasteiger partial charge is 0.347 e. The zero-order chi connectivity index (χ0) is 24.7. The van der Waals surface area contributed by atoms with Crippen LogP contribution < -0.4 is 16.3 Å². The van der Waals surface area contributed by atoms with Crippen molar-refractivity contribution in [3.05, 3.63) is 58.1 Å². The number of nitrogens with zero attached hydrogens (tertiary/aromatic N) is 3. The highest BCUT2D eigenvalue weighted by atomic mass is 35.5. The molecule has 4 aromatic rings. The number of rotatable bonds is 3. The van der Waals surface area contributed by atoms with E-state index in [1.807, 2.05) is 4.90 Å². The highest BCUT2D eigenvalue weighted by Gasteiger charge is 2.24. The monoisotopic (exact) mass is 493 g/mol. The zero-order valence-electron chi connectivity index (χ0n) is 18.7. The van der Waals surface area contributed by atoms with Crippen LogP contribution in [0.25, 0.3) is 32.9 Å². The van der Waals surface area contributed by atoms with Crippen LogP contribution in [-0.2, 0) is 0 Å². The van der Waals surface area contributed by atoms with Gasteiger partial charge in [0.15, 0.2) is 5.82 Å². The quantitative estimate of drug-likeness (QED) is 0.242. The third kappa shape index (κ3) is 4.06. The van der Waals surface area contributed by atoms with E-state index in [4.69, 9.17) is 23.8 Å². The first kappa shape index (κ1) is 23.1. The van der Waals surface area contributed by atoms with Gasteiger partial charge in [0.1, 0.15) is 17.3 Å². The summed E-state index contributed by atoms with van der Waals surface area (Å²) in [6.45, 7) is 1.29. The van der Waals surface area contributed by atoms with Crippen molar-refractivity contribution in [1.29, 1.82) is 0 Å². The first-order chi connectivity index (χ1) is 16.9. The van der Waals surface area contributed by atoms with Crippen LogP contribution in [0.2, 0.25) is 0 Å². The van der Waals surface area contributed by atoms with Crippen molar-refractivity contribution in [2.75, 3.05) is 29.6 Å². The average molecular weight is 494 g/mol. The van der Waals surface area contributed by atoms with E-state index >= 15 is 4.39 Å². The Balaban J connectivity index is 1.75. The molecule has 1 aliphatic heterocycles. The van der Waals surface area contributed by atoms with Gasteiger partial charge in [0.05, 0.1) is 16.5 Å². The minimum absolute atomic E-state index is 0.0145. The number of nitrogens with two attached hydrogens (primary N) is 1. The Morgan fingerprint density at radius 2 is 2.11 bits per heavy atom. The lowest BCUT2D eigenvalue weighted by Crippen LogP contribution is -2.32. The fourth-order valence-electron chi connectivity index (χ4n) is 4.84. The van der Waals surface area contributed by atoms with E-state index in [9.17, 15) is 9.18 Å². The summed E-state index contributed by atoms with van der Waals surface area (Å²) >= 11 is 6.13. The van der Waals surface area contributed by atoms with Crippen LogP contribution in [0.15, 0.2) is 35.3 Å². The van der Waals surface area contributed by atoms with E-state index in [0.29, 0.717) is 46.6 Å². The molecule has 2 aromatic heterocycles. The van der Waals surface area contributed by atoms with Crippen molar-refractivity contribution in [1.82, 2.24) is 15.0 Å². The number of nitrogen functional groups attached to an aromatic ring is 1. The molecule has 2 aromatic carbocycles. The zero-order valence-corrected chi connectivity index (χ0v) is 19.5. The van der Waals surface area contributed by atoms with Crippen molar-refractivity contribution >= 4 is 44.8 Å². The van der Waals surface area contributed by atoms with Gasteiger partial charge < -0.3 is 15.6 Å². The van der Waals surface area contributed by atoms with Gasteiger partial charge in [-0.05, 0) is 42.3 Å². The lowest BCUT2D eigenvalue weighted by Gasteiger charge is -2.25. The number of anilines is 2. The van der Waals surface area contributed by atoms with E-state index in [1.54, 1.807) is 6.07 Å². The number of fused-ring (bicyclic) bond motifs is 2. The van der Waals surface area contributed by atoms with Gasteiger partial charge >= 0.3 is 5.69 Å². The fraction of sp³-hybridized carbons (Fsp3) is 0.269. The van der Waals surface area contributed by atoms with Crippen LogP contribution in [0.4, 0.5) is 20.3 Å². The second-order valence-electron chi connectivity index (χ2n) is 8.77. The Hall–Kier alpha value is -3.70. The Morgan fingerprint density at radius 1 is 1.29 bits per heavy atom. The molecule has 35 heavy (non-hydrogen) atoms. The van der Waals surface area contributed by atoms with E-state index < -0.39 is 17.3 Å². The van der Waals surface area contributed by atoms with Crippen molar-refractivity contribution in [3.63, 3.8) is 0 Å². The van der Waals surface area contributed by atoms with Gasteiger partial charge in [0.25, 0.3) is 0 Å². The summed E-state index contributed by atoms with van der Waals surface area (Å²) in [5.74, 6) is 2.07. The maximum atomic E-state index is 16.0. The molecule has 5 rings (SSSR count). The standard InChI is InChI=1S/C26H22ClF2N5O/c1-2-17-20(28)7-6-15-9-16(30)10-18(21(15)17)23-22(29)24-19(12-31-23)25(33-26(35)32-24)34-8-4-3-5-14(11-27)13-34/h1,6-7,9-10,12,14H,3-5,8,11,13,30H2,(H,32,33,35)/t14-/m1/s1. The van der Waals surface area contributed by atoms with Gasteiger partial charge in [-0.3, -0.25) is 4.98 Å². The van der Waals surface area contributed by atoms with E-state index in [1.165, 1.54) is 24.4 Å². The Kier molecular flexibility index (Phi) is 6.03. The SMILES string of the molecule is C#Cc1c(F)ccc2cc(N)cc(-c3ncc4c(N5CCCC[C@H](CCl)C5)nc(=O)[nH]c4c3F)c12. The number of nitrogens with one attached hydrogen (secondary N) is 1. The largest absolute Gasteiger partial charge is 0.399 e. The number of aromatic amines is 1. The van der Waals surface area contributed by atoms with Crippen LogP contribution in [0.3, 0.4) is 0 Å². The number of H-pyrrole nitrogens is 1. The molecule has 3 N–H and O–H groups in total. The summed E-state index contributed by atoms with van der Waals surface area (Å²) < 4.78 is 30.5. The second-order valence-corrected chi connectivity index (χ2v) is 9.08. The van der Waals surface area contributed by atoms with E-state index in [-0.39, 0.29) is 28.3 Å². The lowest BCUT2D eigenvalue weighted by atomic mass is 9.95. The number of halogens is 3. The summed E-state index contributed by atoms with van der Waals surface area (Å²) in [6.07, 6.45) is 9.96. The molecule has 0 unspecified atom stereocenters. The summed E-state index contributed by atoms with van der Waals surface area (Å²) in [4.78, 5) is 25.5. The van der Waals surface area contributed by atoms with Crippen molar-refractivity contribution in [2.24, 2.45) is 5.92 Å². The summed E-state index contributed by atoms with van der Waals surface area (Å²) in [5.41, 5.74) is 5.81. The normalized spacial score (nSPS) is 16.4. The molecule has 178 valence electrons. The van der Waals surface area contributed by atoms with Crippen molar-refractivity contribution < 1.29 is 8.78 Å². The maximum Gasteiger partial charge on any atom is 0.347 e. The summed E-state index contributed by atoms with van der Waals surface area (Å²) in [5, 5.41) is 1.25. The Morgan fingerprint density at radius 3 is 2.89 bits per heavy atom. The highest BCUT2D eigenvalue weighted by molar-refractivity contribution is 6.18. The summed E-state index contributed by atoms with van der Waals surface area (Å²) in [6, 6.07) is 5.91. The maximum absolute atomic E-state index is 16.0. The van der Waals surface area contributed by atoms with Crippen LogP contribution in [0.5, 0.6) is 0 Å². The van der Waals surface area contributed by atoms with Gasteiger partial charge in [-0.15, -0.1) is 18.0 Å². The van der Waals surface area contributed by atoms with Gasteiger partial charge in [-0.25, -0.2) is 13.6 Å². The Bertz CT molecular complexity index is 1560. The molecule has 1 aliphatic rings. The number of alkyl halides is 1. The van der Waals surface area contributed by atoms with Gasteiger partial charge in [0, 0.05) is 41.8 Å². The molecule has 1 fully saturated rings. The third-order valence-electron chi connectivity index (χ3n) is 6.48. The fourth-order valence-corrected chi connectivity index (χ4v) is 5.09. The van der Waals surface area contributed by atoms with Gasteiger partial charge in [-0.1, -0.05) is 18.4 Å². The summed E-state index contributed by atoms with van der Waals surface area (Å²) in [7, 11) is 0. The molecule has 6 nitrogen and oxygen atoms in total. The van der Waals surface area contributed by atoms with Gasteiger partial charge in [0.2, 0.25) is 0 Å².